The fraction of sp³-hybridized carbons (Fsp3) is 0.600. The van der Waals surface area contributed by atoms with Crippen LogP contribution in [0.25, 0.3) is 0 Å². The maximum absolute atomic E-state index is 5.26. The lowest BCUT2D eigenvalue weighted by molar-refractivity contribution is 0.875. The molecule has 2 N–H and O–H groups in total. The molecule has 1 atom stereocenters. The third-order valence-electron chi connectivity index (χ3n) is 1.21. The molecule has 34 valence electrons. The van der Waals surface area contributed by atoms with E-state index in [1.165, 1.54) is 12.0 Å². The number of hydrogen-bond donors (Lipinski definition) is 1. The molecule has 0 saturated heterocycles. The molecule has 1 fully saturated rings. The zero-order chi connectivity index (χ0) is 4.57. The van der Waals surface area contributed by atoms with E-state index < -0.39 is 0 Å². The van der Waals surface area contributed by atoms with Crippen molar-refractivity contribution < 1.29 is 0 Å². The van der Waals surface area contributed by atoms with Gasteiger partial charge in [-0.25, -0.2) is 0 Å². The minimum absolute atomic E-state index is 0.685. The van der Waals surface area contributed by atoms with Crippen LogP contribution >= 0.6 is 0 Å². The fourth-order valence-electron chi connectivity index (χ4n) is 0.508. The van der Waals surface area contributed by atoms with E-state index in [0.717, 1.165) is 6.54 Å². The summed E-state index contributed by atoms with van der Waals surface area (Å²) in [4.78, 5) is 0. The Balaban J connectivity index is 2.26. The molecule has 1 aliphatic carbocycles. The maximum atomic E-state index is 5.26. The highest BCUT2D eigenvalue weighted by atomic mass is 14.6. The molecule has 1 heteroatoms. The first-order valence-corrected chi connectivity index (χ1v) is 2.22. The Morgan fingerprint density at radius 2 is 2.50 bits per heavy atom. The molecule has 1 nitrogen and oxygen atoms in total. The van der Waals surface area contributed by atoms with Crippen LogP contribution in [0.1, 0.15) is 6.42 Å². The molecule has 0 aromatic heterocycles. The lowest BCUT2D eigenvalue weighted by Crippen LogP contribution is -1.99. The number of hydrogen-bond acceptors (Lipinski definition) is 1. The molecule has 6 heavy (non-hydrogen) atoms. The van der Waals surface area contributed by atoms with Gasteiger partial charge in [0.05, 0.1) is 0 Å². The Hall–Kier alpha value is -0.300. The lowest BCUT2D eigenvalue weighted by atomic mass is 10.4. The second-order valence-corrected chi connectivity index (χ2v) is 1.79. The van der Waals surface area contributed by atoms with Crippen molar-refractivity contribution in [1.82, 2.24) is 0 Å². The molecule has 0 aromatic rings. The average molecular weight is 83.1 g/mol. The van der Waals surface area contributed by atoms with Gasteiger partial charge >= 0.3 is 0 Å². The van der Waals surface area contributed by atoms with Gasteiger partial charge in [0.15, 0.2) is 0 Å². The van der Waals surface area contributed by atoms with Gasteiger partial charge in [-0.05, 0) is 18.9 Å². The predicted octanol–water partition coefficient (Wildman–Crippen LogP) is 0.521. The summed E-state index contributed by atoms with van der Waals surface area (Å²) >= 11 is 0. The van der Waals surface area contributed by atoms with Gasteiger partial charge in [-0.3, -0.25) is 0 Å². The molecule has 1 aliphatic rings. The molecule has 0 heterocycles. The van der Waals surface area contributed by atoms with E-state index in [9.17, 15) is 0 Å². The Kier molecular flexibility index (Phi) is 0.701. The molecule has 0 aromatic carbocycles. The Labute approximate surface area is 37.8 Å². The molecule has 1 rings (SSSR count). The van der Waals surface area contributed by atoms with Gasteiger partial charge in [-0.15, -0.1) is 0 Å². The maximum Gasteiger partial charge on any atom is -0.000850 e. The van der Waals surface area contributed by atoms with E-state index in [4.69, 9.17) is 5.73 Å². The van der Waals surface area contributed by atoms with Crippen LogP contribution in [-0.4, -0.2) is 6.54 Å². The minimum Gasteiger partial charge on any atom is -0.330 e. The molecular weight excluding hydrogens is 74.1 g/mol. The molecule has 1 unspecified atom stereocenters. The van der Waals surface area contributed by atoms with Crippen molar-refractivity contribution in [3.8, 4) is 0 Å². The summed E-state index contributed by atoms with van der Waals surface area (Å²) < 4.78 is 0. The summed E-state index contributed by atoms with van der Waals surface area (Å²) in [5, 5.41) is 0. The Bertz CT molecular complexity index is 76.0. The fourth-order valence-corrected chi connectivity index (χ4v) is 0.508. The van der Waals surface area contributed by atoms with Crippen LogP contribution in [0.15, 0.2) is 12.2 Å². The minimum atomic E-state index is 0.685. The van der Waals surface area contributed by atoms with Gasteiger partial charge in [0.25, 0.3) is 0 Å². The van der Waals surface area contributed by atoms with E-state index in [2.05, 4.69) is 6.58 Å². The van der Waals surface area contributed by atoms with E-state index in [1.807, 2.05) is 0 Å². The summed E-state index contributed by atoms with van der Waals surface area (Å²) in [5.41, 5.74) is 6.59. The molecule has 0 spiro atoms. The second-order valence-electron chi connectivity index (χ2n) is 1.79. The van der Waals surface area contributed by atoms with Crippen LogP contribution in [0.4, 0.5) is 0 Å². The van der Waals surface area contributed by atoms with Gasteiger partial charge in [-0.2, -0.15) is 0 Å². The zero-order valence-corrected chi connectivity index (χ0v) is 3.78. The summed E-state index contributed by atoms with van der Waals surface area (Å²) in [6.07, 6.45) is 1.18. The van der Waals surface area contributed by atoms with Crippen LogP contribution in [0, 0.1) is 5.92 Å². The summed E-state index contributed by atoms with van der Waals surface area (Å²) in [6.45, 7) is 4.54. The topological polar surface area (TPSA) is 26.0 Å². The standard InChI is InChI=1S/C5H9N/c1-4-2-5(4)3-6/h5H,1-3,6H2. The van der Waals surface area contributed by atoms with Crippen LogP contribution in [0.5, 0.6) is 0 Å². The van der Waals surface area contributed by atoms with Crippen molar-refractivity contribution >= 4 is 0 Å². The van der Waals surface area contributed by atoms with Crippen LogP contribution in [0.3, 0.4) is 0 Å². The highest BCUT2D eigenvalue weighted by molar-refractivity contribution is 5.18. The Morgan fingerprint density at radius 1 is 2.00 bits per heavy atom. The van der Waals surface area contributed by atoms with E-state index in [0.29, 0.717) is 5.92 Å². The molecule has 0 amide bonds. The quantitative estimate of drug-likeness (QED) is 0.459. The first-order chi connectivity index (χ1) is 2.84. The van der Waals surface area contributed by atoms with Gasteiger partial charge in [0.2, 0.25) is 0 Å². The monoisotopic (exact) mass is 83.1 g/mol. The van der Waals surface area contributed by atoms with Crippen molar-refractivity contribution in [2.24, 2.45) is 11.7 Å². The first-order valence-electron chi connectivity index (χ1n) is 2.22. The summed E-state index contributed by atoms with van der Waals surface area (Å²) in [5.74, 6) is 0.685. The highest BCUT2D eigenvalue weighted by Gasteiger charge is 2.24. The lowest BCUT2D eigenvalue weighted by Gasteiger charge is -1.75. The largest absolute Gasteiger partial charge is 0.330 e. The molecule has 0 aliphatic heterocycles. The Morgan fingerprint density at radius 3 is 2.50 bits per heavy atom. The number of nitrogens with two attached hydrogens (primary N) is 1. The normalized spacial score (nSPS) is 30.8. The van der Waals surface area contributed by atoms with E-state index in [1.54, 1.807) is 0 Å². The molecule has 0 radical (unpaired) electrons. The molecular formula is C5H9N. The van der Waals surface area contributed by atoms with Gasteiger partial charge in [0, 0.05) is 0 Å². The van der Waals surface area contributed by atoms with Crippen molar-refractivity contribution in [1.29, 1.82) is 0 Å². The van der Waals surface area contributed by atoms with E-state index in [-0.39, 0.29) is 0 Å². The highest BCUT2D eigenvalue weighted by Crippen LogP contribution is 2.33. The predicted molar refractivity (Wildman–Crippen MR) is 26.3 cm³/mol. The average Bonchev–Trinajstić information content (AvgIpc) is 2.19. The van der Waals surface area contributed by atoms with Crippen molar-refractivity contribution in [2.45, 2.75) is 6.42 Å². The molecule has 0 bridgehead atoms. The van der Waals surface area contributed by atoms with Crippen LogP contribution in [-0.2, 0) is 0 Å². The SMILES string of the molecule is C=C1CC1CN. The van der Waals surface area contributed by atoms with Crippen molar-refractivity contribution in [3.63, 3.8) is 0 Å². The van der Waals surface area contributed by atoms with Crippen molar-refractivity contribution in [3.05, 3.63) is 12.2 Å². The van der Waals surface area contributed by atoms with Crippen molar-refractivity contribution in [2.75, 3.05) is 6.54 Å². The van der Waals surface area contributed by atoms with Crippen LogP contribution in [0.2, 0.25) is 0 Å². The third kappa shape index (κ3) is 0.455. The zero-order valence-electron chi connectivity index (χ0n) is 3.78. The van der Waals surface area contributed by atoms with Gasteiger partial charge in [-0.1, -0.05) is 12.2 Å². The molecule has 1 saturated carbocycles. The summed E-state index contributed by atoms with van der Waals surface area (Å²) in [6, 6.07) is 0. The second kappa shape index (κ2) is 1.09. The van der Waals surface area contributed by atoms with Gasteiger partial charge in [0.1, 0.15) is 0 Å². The third-order valence-corrected chi connectivity index (χ3v) is 1.21. The van der Waals surface area contributed by atoms with Crippen LogP contribution < -0.4 is 5.73 Å². The number of rotatable bonds is 1. The van der Waals surface area contributed by atoms with E-state index >= 15 is 0 Å². The summed E-state index contributed by atoms with van der Waals surface area (Å²) in [7, 11) is 0. The first kappa shape index (κ1) is 3.88. The van der Waals surface area contributed by atoms with Gasteiger partial charge < -0.3 is 5.73 Å². The smallest absolute Gasteiger partial charge is 0.000850 e.